The second kappa shape index (κ2) is 4.66. The van der Waals surface area contributed by atoms with Gasteiger partial charge in [0.25, 0.3) is 0 Å². The molecule has 0 aromatic heterocycles. The number of Topliss-reactive ketones (excluding diaryl/α,β-unsaturated/α-hetero) is 1. The van der Waals surface area contributed by atoms with Crippen molar-refractivity contribution in [3.63, 3.8) is 0 Å². The molecule has 0 radical (unpaired) electrons. The Morgan fingerprint density at radius 2 is 2.28 bits per heavy atom. The van der Waals surface area contributed by atoms with E-state index < -0.39 is 5.54 Å². The minimum atomic E-state index is -1.11. The van der Waals surface area contributed by atoms with Crippen LogP contribution in [0.5, 0.6) is 0 Å². The smallest absolute Gasteiger partial charge is 0.302 e. The van der Waals surface area contributed by atoms with Gasteiger partial charge in [0.1, 0.15) is 5.78 Å². The second-order valence-electron chi connectivity index (χ2n) is 5.58. The van der Waals surface area contributed by atoms with Gasteiger partial charge >= 0.3 is 5.97 Å². The molecule has 2 saturated carbocycles. The number of esters is 1. The van der Waals surface area contributed by atoms with Crippen LogP contribution in [0.3, 0.4) is 0 Å². The van der Waals surface area contributed by atoms with Crippen molar-refractivity contribution < 1.29 is 19.2 Å². The van der Waals surface area contributed by atoms with Crippen molar-refractivity contribution in [2.45, 2.75) is 44.6 Å². The normalized spacial score (nSPS) is 35.1. The molecule has 0 N–H and O–H groups in total. The van der Waals surface area contributed by atoms with E-state index in [1.165, 1.54) is 6.92 Å². The lowest BCUT2D eigenvalue weighted by molar-refractivity contribution is -0.579. The largest absolute Gasteiger partial charge is 0.466 e. The van der Waals surface area contributed by atoms with Crippen LogP contribution in [-0.2, 0) is 14.3 Å². The summed E-state index contributed by atoms with van der Waals surface area (Å²) in [5, 5.41) is 11.3. The van der Waals surface area contributed by atoms with Gasteiger partial charge in [-0.3, -0.25) is 19.7 Å². The van der Waals surface area contributed by atoms with Crippen molar-refractivity contribution in [3.05, 3.63) is 10.1 Å². The number of nitro groups is 1. The molecule has 2 rings (SSSR count). The molecule has 18 heavy (non-hydrogen) atoms. The lowest BCUT2D eigenvalue weighted by Gasteiger charge is -2.41. The molecule has 2 aliphatic rings. The summed E-state index contributed by atoms with van der Waals surface area (Å²) in [7, 11) is 0. The lowest BCUT2D eigenvalue weighted by Crippen LogP contribution is -2.51. The Balaban J connectivity index is 2.09. The minimum Gasteiger partial charge on any atom is -0.466 e. The standard InChI is InChI=1S/C12H17NO5/c1-8(14)18-7-10-2-9-3-11(15)6-12(4-9,5-10)13(16)17/h9-10H,2-7H2,1H3. The molecular weight excluding hydrogens is 238 g/mol. The summed E-state index contributed by atoms with van der Waals surface area (Å²) in [5.74, 6) is -0.289. The molecule has 0 spiro atoms. The zero-order chi connectivity index (χ0) is 13.3. The van der Waals surface area contributed by atoms with Crippen LogP contribution in [0.4, 0.5) is 0 Å². The average molecular weight is 255 g/mol. The molecule has 0 aromatic carbocycles. The summed E-state index contributed by atoms with van der Waals surface area (Å²) < 4.78 is 4.95. The number of rotatable bonds is 3. The van der Waals surface area contributed by atoms with Gasteiger partial charge in [0, 0.05) is 37.0 Å². The first-order valence-electron chi connectivity index (χ1n) is 6.21. The summed E-state index contributed by atoms with van der Waals surface area (Å²) in [6.45, 7) is 1.56. The third kappa shape index (κ3) is 2.52. The number of fused-ring (bicyclic) bond motifs is 2. The van der Waals surface area contributed by atoms with E-state index in [0.29, 0.717) is 19.3 Å². The van der Waals surface area contributed by atoms with Crippen LogP contribution in [0.25, 0.3) is 0 Å². The number of ketones is 1. The average Bonchev–Trinajstić information content (AvgIpc) is 2.24. The van der Waals surface area contributed by atoms with Gasteiger partial charge in [-0.15, -0.1) is 0 Å². The Bertz CT molecular complexity index is 394. The maximum Gasteiger partial charge on any atom is 0.302 e. The molecule has 0 amide bonds. The molecule has 2 fully saturated rings. The van der Waals surface area contributed by atoms with Crippen LogP contribution in [0, 0.1) is 22.0 Å². The fourth-order valence-electron chi connectivity index (χ4n) is 3.43. The van der Waals surface area contributed by atoms with Crippen molar-refractivity contribution in [2.75, 3.05) is 6.61 Å². The van der Waals surface area contributed by atoms with Gasteiger partial charge in [-0.2, -0.15) is 0 Å². The molecule has 2 aliphatic carbocycles. The molecule has 0 saturated heterocycles. The van der Waals surface area contributed by atoms with Crippen molar-refractivity contribution in [1.29, 1.82) is 0 Å². The molecule has 0 aliphatic heterocycles. The van der Waals surface area contributed by atoms with Crippen LogP contribution in [-0.4, -0.2) is 28.8 Å². The second-order valence-corrected chi connectivity index (χ2v) is 5.58. The third-order valence-corrected chi connectivity index (χ3v) is 3.96. The molecule has 3 unspecified atom stereocenters. The maximum atomic E-state index is 11.6. The van der Waals surface area contributed by atoms with Gasteiger partial charge < -0.3 is 4.74 Å². The van der Waals surface area contributed by atoms with Gasteiger partial charge in [0.15, 0.2) is 0 Å². The first kappa shape index (κ1) is 13.0. The highest BCUT2D eigenvalue weighted by Gasteiger charge is 2.54. The number of carbonyl (C=O) groups excluding carboxylic acids is 2. The van der Waals surface area contributed by atoms with Gasteiger partial charge in [-0.25, -0.2) is 0 Å². The Kier molecular flexibility index (Phi) is 3.36. The predicted octanol–water partition coefficient (Wildman–Crippen LogP) is 1.34. The van der Waals surface area contributed by atoms with Crippen LogP contribution >= 0.6 is 0 Å². The summed E-state index contributed by atoms with van der Waals surface area (Å²) in [6, 6.07) is 0. The van der Waals surface area contributed by atoms with Crippen LogP contribution in [0.2, 0.25) is 0 Å². The molecular formula is C12H17NO5. The molecule has 0 heterocycles. The summed E-state index contributed by atoms with van der Waals surface area (Å²) >= 11 is 0. The summed E-state index contributed by atoms with van der Waals surface area (Å²) in [4.78, 5) is 33.3. The van der Waals surface area contributed by atoms with Crippen LogP contribution in [0.15, 0.2) is 0 Å². The van der Waals surface area contributed by atoms with E-state index in [2.05, 4.69) is 0 Å². The molecule has 0 aromatic rings. The summed E-state index contributed by atoms with van der Waals surface area (Å²) in [6.07, 6.45) is 2.05. The highest BCUT2D eigenvalue weighted by Crippen LogP contribution is 2.45. The number of ether oxygens (including phenoxy) is 1. The molecule has 6 nitrogen and oxygen atoms in total. The Morgan fingerprint density at radius 1 is 1.56 bits per heavy atom. The van der Waals surface area contributed by atoms with Crippen molar-refractivity contribution in [3.8, 4) is 0 Å². The maximum absolute atomic E-state index is 11.6. The van der Waals surface area contributed by atoms with Crippen molar-refractivity contribution >= 4 is 11.8 Å². The Hall–Kier alpha value is -1.46. The number of nitrogens with zero attached hydrogens (tertiary/aromatic N) is 1. The van der Waals surface area contributed by atoms with E-state index >= 15 is 0 Å². The van der Waals surface area contributed by atoms with Gasteiger partial charge in [-0.05, 0) is 12.3 Å². The zero-order valence-electron chi connectivity index (χ0n) is 10.4. The third-order valence-electron chi connectivity index (χ3n) is 3.96. The number of hydrogen-bond acceptors (Lipinski definition) is 5. The molecule has 100 valence electrons. The molecule has 6 heteroatoms. The molecule has 3 atom stereocenters. The fourth-order valence-corrected chi connectivity index (χ4v) is 3.43. The van der Waals surface area contributed by atoms with Crippen molar-refractivity contribution in [2.24, 2.45) is 11.8 Å². The van der Waals surface area contributed by atoms with E-state index in [0.717, 1.165) is 6.42 Å². The zero-order valence-corrected chi connectivity index (χ0v) is 10.4. The monoisotopic (exact) mass is 255 g/mol. The van der Waals surface area contributed by atoms with E-state index in [1.807, 2.05) is 0 Å². The highest BCUT2D eigenvalue weighted by molar-refractivity contribution is 5.80. The highest BCUT2D eigenvalue weighted by atomic mass is 16.6. The lowest BCUT2D eigenvalue weighted by atomic mass is 9.63. The van der Waals surface area contributed by atoms with Gasteiger partial charge in [0.2, 0.25) is 5.54 Å². The van der Waals surface area contributed by atoms with E-state index in [-0.39, 0.29) is 41.5 Å². The van der Waals surface area contributed by atoms with Gasteiger partial charge in [0.05, 0.1) is 13.0 Å². The Morgan fingerprint density at radius 3 is 2.89 bits per heavy atom. The minimum absolute atomic E-state index is 0.00566. The number of hydrogen-bond donors (Lipinski definition) is 0. The fraction of sp³-hybridized carbons (Fsp3) is 0.833. The first-order chi connectivity index (χ1) is 8.41. The molecule has 2 bridgehead atoms. The van der Waals surface area contributed by atoms with E-state index in [4.69, 9.17) is 4.74 Å². The predicted molar refractivity (Wildman–Crippen MR) is 61.4 cm³/mol. The summed E-state index contributed by atoms with van der Waals surface area (Å²) in [5.41, 5.74) is -1.11. The Labute approximate surface area is 105 Å². The first-order valence-corrected chi connectivity index (χ1v) is 6.21. The van der Waals surface area contributed by atoms with Crippen LogP contribution < -0.4 is 0 Å². The SMILES string of the molecule is CC(=O)OCC1CC2CC(=O)CC([N+](=O)[O-])(C1)C2. The quantitative estimate of drug-likeness (QED) is 0.431. The van der Waals surface area contributed by atoms with Gasteiger partial charge in [-0.1, -0.05) is 0 Å². The van der Waals surface area contributed by atoms with Crippen LogP contribution in [0.1, 0.15) is 39.0 Å². The van der Waals surface area contributed by atoms with Crippen molar-refractivity contribution in [1.82, 2.24) is 0 Å². The number of carbonyl (C=O) groups is 2. The van der Waals surface area contributed by atoms with E-state index in [1.54, 1.807) is 0 Å². The topological polar surface area (TPSA) is 86.5 Å². The van der Waals surface area contributed by atoms with E-state index in [9.17, 15) is 19.7 Å².